The van der Waals surface area contributed by atoms with Gasteiger partial charge in [-0.05, 0) is 38.0 Å². The van der Waals surface area contributed by atoms with Gasteiger partial charge in [0.2, 0.25) is 0 Å². The molecule has 0 saturated carbocycles. The van der Waals surface area contributed by atoms with Crippen LogP contribution in [-0.4, -0.2) is 81.8 Å². The van der Waals surface area contributed by atoms with Crippen molar-refractivity contribution in [3.8, 4) is 0 Å². The van der Waals surface area contributed by atoms with E-state index in [9.17, 15) is 19.2 Å². The molecule has 1 atom stereocenters. The minimum atomic E-state index is -2.14. The predicted octanol–water partition coefficient (Wildman–Crippen LogP) is 2.16. The van der Waals surface area contributed by atoms with Crippen molar-refractivity contribution in [3.05, 3.63) is 42.5 Å². The maximum atomic E-state index is 13.2. The van der Waals surface area contributed by atoms with Crippen LogP contribution in [-0.2, 0) is 44.5 Å². The molecule has 0 radical (unpaired) electrons. The number of carbonyl (C=O) groups is 4. The summed E-state index contributed by atoms with van der Waals surface area (Å²) in [5, 5.41) is 2.80. The summed E-state index contributed by atoms with van der Waals surface area (Å²) in [6, 6.07) is 6.69. The Morgan fingerprint density at radius 2 is 1.73 bits per heavy atom. The SMILES string of the molecule is C=CCO[C@@H](COC(C)=O)COC(Cc1ccc(N2CCCNC2=O)cc1)(C(=O)OCC)C(=O)OCC. The average Bonchev–Trinajstić information content (AvgIpc) is 2.88. The highest BCUT2D eigenvalue weighted by Crippen LogP contribution is 2.26. The summed E-state index contributed by atoms with van der Waals surface area (Å²) >= 11 is 0. The standard InChI is InChI=1S/C26H36N2O9/c1-5-15-35-22(17-36-19(4)29)18-37-26(23(30)33-6-2,24(31)34-7-3)16-20-9-11-21(12-10-20)28-14-8-13-27-25(28)32/h5,9-12,22H,1,6-8,13-18H2,2-4H3,(H,27,32)/t22-/m0/s1. The van der Waals surface area contributed by atoms with Crippen LogP contribution in [0.3, 0.4) is 0 Å². The third-order valence-corrected chi connectivity index (χ3v) is 5.43. The van der Waals surface area contributed by atoms with Crippen molar-refractivity contribution in [1.82, 2.24) is 5.32 Å². The monoisotopic (exact) mass is 520 g/mol. The van der Waals surface area contributed by atoms with Crippen LogP contribution >= 0.6 is 0 Å². The van der Waals surface area contributed by atoms with Gasteiger partial charge in [0.05, 0.1) is 26.4 Å². The zero-order valence-electron chi connectivity index (χ0n) is 21.7. The van der Waals surface area contributed by atoms with Gasteiger partial charge in [0.25, 0.3) is 5.60 Å². The van der Waals surface area contributed by atoms with Crippen LogP contribution in [0.1, 0.15) is 32.8 Å². The number of rotatable bonds is 15. The Kier molecular flexibility index (Phi) is 12.0. The smallest absolute Gasteiger partial charge is 0.350 e. The molecule has 0 unspecified atom stereocenters. The van der Waals surface area contributed by atoms with Gasteiger partial charge in [-0.25, -0.2) is 14.4 Å². The number of anilines is 1. The van der Waals surface area contributed by atoms with Crippen molar-refractivity contribution in [2.75, 3.05) is 51.0 Å². The van der Waals surface area contributed by atoms with E-state index in [1.807, 2.05) is 0 Å². The zero-order chi connectivity index (χ0) is 27.3. The summed E-state index contributed by atoms with van der Waals surface area (Å²) in [6.07, 6.45) is 1.34. The van der Waals surface area contributed by atoms with Crippen molar-refractivity contribution in [2.45, 2.75) is 45.3 Å². The molecule has 1 aromatic rings. The molecule has 0 aliphatic carbocycles. The highest BCUT2D eigenvalue weighted by atomic mass is 16.6. The highest BCUT2D eigenvalue weighted by Gasteiger charge is 2.51. The number of ether oxygens (including phenoxy) is 5. The summed E-state index contributed by atoms with van der Waals surface area (Å²) in [7, 11) is 0. The summed E-state index contributed by atoms with van der Waals surface area (Å²) in [4.78, 5) is 51.5. The molecule has 1 aliphatic heterocycles. The van der Waals surface area contributed by atoms with Crippen molar-refractivity contribution in [2.24, 2.45) is 0 Å². The number of hydrogen-bond acceptors (Lipinski definition) is 9. The molecule has 2 amide bonds. The molecule has 0 bridgehead atoms. The Morgan fingerprint density at radius 1 is 1.08 bits per heavy atom. The molecular weight excluding hydrogens is 484 g/mol. The molecule has 1 aliphatic rings. The lowest BCUT2D eigenvalue weighted by molar-refractivity contribution is -0.196. The van der Waals surface area contributed by atoms with E-state index >= 15 is 0 Å². The van der Waals surface area contributed by atoms with Gasteiger partial charge in [0.15, 0.2) is 0 Å². The lowest BCUT2D eigenvalue weighted by Crippen LogP contribution is -2.54. The van der Waals surface area contributed by atoms with Gasteiger partial charge in [-0.15, -0.1) is 6.58 Å². The van der Waals surface area contributed by atoms with E-state index in [0.717, 1.165) is 6.42 Å². The first-order valence-corrected chi connectivity index (χ1v) is 12.3. The van der Waals surface area contributed by atoms with E-state index in [0.29, 0.717) is 24.3 Å². The van der Waals surface area contributed by atoms with E-state index in [-0.39, 0.29) is 45.5 Å². The number of urea groups is 1. The van der Waals surface area contributed by atoms with Gasteiger partial charge in [0, 0.05) is 32.1 Å². The fourth-order valence-corrected chi connectivity index (χ4v) is 3.64. The van der Waals surface area contributed by atoms with Gasteiger partial charge in [-0.3, -0.25) is 9.69 Å². The predicted molar refractivity (Wildman–Crippen MR) is 134 cm³/mol. The normalized spacial score (nSPS) is 14.4. The van der Waals surface area contributed by atoms with Gasteiger partial charge in [-0.2, -0.15) is 0 Å². The number of carbonyl (C=O) groups excluding carboxylic acids is 4. The molecule has 1 aromatic carbocycles. The van der Waals surface area contributed by atoms with Crippen LogP contribution in [0.15, 0.2) is 36.9 Å². The molecule has 1 fully saturated rings. The number of nitrogens with one attached hydrogen (secondary N) is 1. The third-order valence-electron chi connectivity index (χ3n) is 5.43. The van der Waals surface area contributed by atoms with Crippen LogP contribution in [0.2, 0.25) is 0 Å². The number of esters is 3. The van der Waals surface area contributed by atoms with Crippen LogP contribution < -0.4 is 10.2 Å². The van der Waals surface area contributed by atoms with Crippen LogP contribution in [0.25, 0.3) is 0 Å². The van der Waals surface area contributed by atoms with Gasteiger partial charge in [-0.1, -0.05) is 18.2 Å². The molecule has 1 heterocycles. The second-order valence-electron chi connectivity index (χ2n) is 8.21. The van der Waals surface area contributed by atoms with Crippen molar-refractivity contribution < 1.29 is 42.9 Å². The van der Waals surface area contributed by atoms with Crippen LogP contribution in [0.5, 0.6) is 0 Å². The zero-order valence-corrected chi connectivity index (χ0v) is 21.7. The first kappa shape index (κ1) is 29.8. The molecule has 37 heavy (non-hydrogen) atoms. The second kappa shape index (κ2) is 15.0. The van der Waals surface area contributed by atoms with Crippen molar-refractivity contribution in [3.63, 3.8) is 0 Å². The number of amides is 2. The van der Waals surface area contributed by atoms with Crippen LogP contribution in [0.4, 0.5) is 10.5 Å². The summed E-state index contributed by atoms with van der Waals surface area (Å²) in [5.41, 5.74) is -0.882. The first-order chi connectivity index (χ1) is 17.8. The number of hydrogen-bond donors (Lipinski definition) is 1. The van der Waals surface area contributed by atoms with E-state index in [1.165, 1.54) is 13.0 Å². The Bertz CT molecular complexity index is 914. The third kappa shape index (κ3) is 8.57. The lowest BCUT2D eigenvalue weighted by Gasteiger charge is -2.31. The molecule has 2 rings (SSSR count). The largest absolute Gasteiger partial charge is 0.463 e. The molecule has 0 aromatic heterocycles. The van der Waals surface area contributed by atoms with Gasteiger partial charge < -0.3 is 29.0 Å². The van der Waals surface area contributed by atoms with Crippen molar-refractivity contribution >= 4 is 29.6 Å². The van der Waals surface area contributed by atoms with E-state index in [1.54, 1.807) is 43.0 Å². The van der Waals surface area contributed by atoms with Crippen LogP contribution in [0, 0.1) is 0 Å². The average molecular weight is 521 g/mol. The maximum absolute atomic E-state index is 13.2. The first-order valence-electron chi connectivity index (χ1n) is 12.3. The quantitative estimate of drug-likeness (QED) is 0.160. The van der Waals surface area contributed by atoms with Crippen molar-refractivity contribution in [1.29, 1.82) is 0 Å². The van der Waals surface area contributed by atoms with E-state index < -0.39 is 29.6 Å². The summed E-state index contributed by atoms with van der Waals surface area (Å²) < 4.78 is 27.0. The Morgan fingerprint density at radius 3 is 2.27 bits per heavy atom. The minimum absolute atomic E-state index is 0.0101. The van der Waals surface area contributed by atoms with E-state index in [2.05, 4.69) is 11.9 Å². The fraction of sp³-hybridized carbons (Fsp3) is 0.538. The molecular formula is C26H36N2O9. The molecule has 0 spiro atoms. The Labute approximate surface area is 217 Å². The summed E-state index contributed by atoms with van der Waals surface area (Å²) in [6.45, 7) is 9.01. The molecule has 204 valence electrons. The Balaban J connectivity index is 2.34. The lowest BCUT2D eigenvalue weighted by atomic mass is 9.93. The number of nitrogens with zero attached hydrogens (tertiary/aromatic N) is 1. The topological polar surface area (TPSA) is 130 Å². The fourth-order valence-electron chi connectivity index (χ4n) is 3.64. The Hall–Kier alpha value is -3.44. The second-order valence-corrected chi connectivity index (χ2v) is 8.21. The maximum Gasteiger partial charge on any atom is 0.350 e. The number of benzene rings is 1. The van der Waals surface area contributed by atoms with E-state index in [4.69, 9.17) is 23.7 Å². The molecule has 1 saturated heterocycles. The van der Waals surface area contributed by atoms with Gasteiger partial charge in [0.1, 0.15) is 12.7 Å². The highest BCUT2D eigenvalue weighted by molar-refractivity contribution is 6.04. The summed E-state index contributed by atoms with van der Waals surface area (Å²) in [5.74, 6) is -2.34. The molecule has 11 heteroatoms. The van der Waals surface area contributed by atoms with Gasteiger partial charge >= 0.3 is 23.9 Å². The molecule has 1 N–H and O–H groups in total. The molecule has 11 nitrogen and oxygen atoms in total. The minimum Gasteiger partial charge on any atom is -0.463 e.